The van der Waals surface area contributed by atoms with Crippen molar-refractivity contribution < 1.29 is 32.3 Å². The highest BCUT2D eigenvalue weighted by Gasteiger charge is 2.73. The van der Waals surface area contributed by atoms with Gasteiger partial charge in [0.25, 0.3) is 5.91 Å². The van der Waals surface area contributed by atoms with Crippen molar-refractivity contribution in [3.05, 3.63) is 107 Å². The number of aromatic nitrogens is 1. The van der Waals surface area contributed by atoms with Crippen LogP contribution in [0.4, 0.5) is 4.79 Å². The van der Waals surface area contributed by atoms with E-state index in [0.29, 0.717) is 23.4 Å². The fourth-order valence-electron chi connectivity index (χ4n) is 5.85. The van der Waals surface area contributed by atoms with Crippen LogP contribution in [0.3, 0.4) is 0 Å². The Balaban J connectivity index is 1.42. The van der Waals surface area contributed by atoms with Crippen LogP contribution in [0.25, 0.3) is 6.08 Å². The van der Waals surface area contributed by atoms with Crippen LogP contribution in [0, 0.1) is 0 Å². The first kappa shape index (κ1) is 34.7. The van der Waals surface area contributed by atoms with E-state index >= 15 is 0 Å². The number of likely N-dealkylation sites (N-methyl/N-ethyl adjacent to an activating group) is 2. The Labute approximate surface area is 281 Å². The summed E-state index contributed by atoms with van der Waals surface area (Å²) < 4.78 is 38.2. The van der Waals surface area contributed by atoms with Crippen LogP contribution in [-0.2, 0) is 28.9 Å². The van der Waals surface area contributed by atoms with Crippen LogP contribution in [-0.4, -0.2) is 116 Å². The molecule has 254 valence electrons. The van der Waals surface area contributed by atoms with Crippen LogP contribution < -0.4 is 5.32 Å². The van der Waals surface area contributed by atoms with Gasteiger partial charge < -0.3 is 29.5 Å². The second kappa shape index (κ2) is 14.7. The average Bonchev–Trinajstić information content (AvgIpc) is 3.25. The van der Waals surface area contributed by atoms with Gasteiger partial charge in [0.1, 0.15) is 11.4 Å². The van der Waals surface area contributed by atoms with Crippen molar-refractivity contribution in [1.82, 2.24) is 25.0 Å². The van der Waals surface area contributed by atoms with Crippen LogP contribution in [0.2, 0.25) is 0 Å². The minimum Gasteiger partial charge on any atom is -0.451 e. The summed E-state index contributed by atoms with van der Waals surface area (Å²) >= 11 is 0. The molecular weight excluding hydrogens is 634 g/mol. The fourth-order valence-corrected chi connectivity index (χ4v) is 8.13. The fraction of sp³-hybridized carbons (Fsp3) is 0.371. The highest BCUT2D eigenvalue weighted by molar-refractivity contribution is 7.94. The molecule has 0 unspecified atom stereocenters. The third kappa shape index (κ3) is 7.13. The molecule has 12 nitrogen and oxygen atoms in total. The highest BCUT2D eigenvalue weighted by Crippen LogP contribution is 2.50. The van der Waals surface area contributed by atoms with Crippen molar-refractivity contribution in [2.75, 3.05) is 53.9 Å². The molecule has 48 heavy (non-hydrogen) atoms. The van der Waals surface area contributed by atoms with E-state index < -0.39 is 56.7 Å². The standard InChI is InChI=1S/C35H41N5O7S/c1-35(24-46-34(43)37-19-20-39(4)22-21-38(2)3)30(33(42)47-29(25-13-7-5-8-14-25)26-15-9-6-10-16-26)40-31(41)28(32(40)48(35,44)45)23-27-17-11-12-18-36-27/h5-18,23,29-30,32H,19-22,24H2,1-4H3,(H,37,43)/t30-,32+,35-/m0/s1. The number of hydrogen-bond donors (Lipinski definition) is 1. The molecule has 0 aliphatic carbocycles. The van der Waals surface area contributed by atoms with Crippen LogP contribution in [0.5, 0.6) is 0 Å². The maximum atomic E-state index is 14.3. The summed E-state index contributed by atoms with van der Waals surface area (Å²) in [5, 5.41) is 1.20. The molecule has 0 saturated carbocycles. The van der Waals surface area contributed by atoms with Crippen LogP contribution in [0.1, 0.15) is 29.8 Å². The summed E-state index contributed by atoms with van der Waals surface area (Å²) in [6.45, 7) is 3.07. The van der Waals surface area contributed by atoms with E-state index in [1.807, 2.05) is 38.2 Å². The van der Waals surface area contributed by atoms with E-state index in [1.165, 1.54) is 19.2 Å². The molecule has 0 spiro atoms. The number of carbonyl (C=O) groups is 3. The van der Waals surface area contributed by atoms with Gasteiger partial charge in [-0.1, -0.05) is 66.7 Å². The maximum Gasteiger partial charge on any atom is 0.407 e. The van der Waals surface area contributed by atoms with Gasteiger partial charge in [0.2, 0.25) is 0 Å². The molecule has 2 aromatic carbocycles. The maximum absolute atomic E-state index is 14.3. The van der Waals surface area contributed by atoms with Crippen molar-refractivity contribution in [3.63, 3.8) is 0 Å². The molecule has 2 saturated heterocycles. The summed E-state index contributed by atoms with van der Waals surface area (Å²) in [7, 11) is 1.53. The monoisotopic (exact) mass is 675 g/mol. The van der Waals surface area contributed by atoms with E-state index in [2.05, 4.69) is 15.2 Å². The number of esters is 1. The zero-order valence-corrected chi connectivity index (χ0v) is 28.3. The van der Waals surface area contributed by atoms with Crippen molar-refractivity contribution in [3.8, 4) is 0 Å². The smallest absolute Gasteiger partial charge is 0.407 e. The number of fused-ring (bicyclic) bond motifs is 1. The topological polar surface area (TPSA) is 138 Å². The zero-order chi connectivity index (χ0) is 34.5. The molecule has 2 fully saturated rings. The Morgan fingerprint density at radius 1 is 0.958 bits per heavy atom. The van der Waals surface area contributed by atoms with Gasteiger partial charge in [0.05, 0.1) is 11.3 Å². The summed E-state index contributed by atoms with van der Waals surface area (Å²) in [4.78, 5) is 50.0. The first-order valence-electron chi connectivity index (χ1n) is 15.7. The largest absolute Gasteiger partial charge is 0.451 e. The van der Waals surface area contributed by atoms with Crippen LogP contribution in [0.15, 0.2) is 90.6 Å². The molecule has 1 aromatic heterocycles. The minimum atomic E-state index is -4.34. The van der Waals surface area contributed by atoms with Crippen molar-refractivity contribution in [2.24, 2.45) is 0 Å². The van der Waals surface area contributed by atoms with Gasteiger partial charge in [-0.3, -0.25) is 9.78 Å². The molecule has 3 aromatic rings. The summed E-state index contributed by atoms with van der Waals surface area (Å²) in [6.07, 6.45) is 1.21. The van der Waals surface area contributed by atoms with E-state index in [4.69, 9.17) is 9.47 Å². The number of nitrogens with zero attached hydrogens (tertiary/aromatic N) is 4. The molecule has 2 amide bonds. The van der Waals surface area contributed by atoms with Gasteiger partial charge in [-0.2, -0.15) is 0 Å². The number of amides is 2. The molecule has 0 bridgehead atoms. The second-order valence-corrected chi connectivity index (χ2v) is 14.9. The van der Waals surface area contributed by atoms with E-state index in [1.54, 1.807) is 66.7 Å². The van der Waals surface area contributed by atoms with Gasteiger partial charge in [-0.15, -0.1) is 0 Å². The number of pyridine rings is 1. The summed E-state index contributed by atoms with van der Waals surface area (Å²) in [5.41, 5.74) is 1.69. The third-order valence-electron chi connectivity index (χ3n) is 8.64. The number of ether oxygens (including phenoxy) is 2. The molecule has 3 atom stereocenters. The van der Waals surface area contributed by atoms with E-state index in [0.717, 1.165) is 18.0 Å². The highest BCUT2D eigenvalue weighted by atomic mass is 32.2. The SMILES string of the molecule is CN(C)CCN(C)CCNC(=O)OC[C@@]1(C)[C@H](C(=O)OC(c2ccccc2)c2ccccc2)N2C(=O)C(=Cc3ccccn3)[C@H]2S1(=O)=O. The summed E-state index contributed by atoms with van der Waals surface area (Å²) in [6, 6.07) is 21.5. The van der Waals surface area contributed by atoms with E-state index in [-0.39, 0.29) is 12.1 Å². The molecule has 3 heterocycles. The van der Waals surface area contributed by atoms with Gasteiger partial charge in [-0.25, -0.2) is 18.0 Å². The Bertz CT molecular complexity index is 1700. The lowest BCUT2D eigenvalue weighted by Gasteiger charge is -2.39. The predicted octanol–water partition coefficient (Wildman–Crippen LogP) is 2.74. The first-order valence-corrected chi connectivity index (χ1v) is 17.2. The predicted molar refractivity (Wildman–Crippen MR) is 180 cm³/mol. The molecule has 0 radical (unpaired) electrons. The number of carbonyl (C=O) groups excluding carboxylic acids is 3. The molecule has 2 aliphatic rings. The van der Waals surface area contributed by atoms with Gasteiger partial charge in [0, 0.05) is 32.4 Å². The van der Waals surface area contributed by atoms with Gasteiger partial charge in [-0.05, 0) is 57.4 Å². The Morgan fingerprint density at radius 3 is 2.17 bits per heavy atom. The zero-order valence-electron chi connectivity index (χ0n) is 27.5. The number of sulfone groups is 1. The molecule has 13 heteroatoms. The lowest BCUT2D eigenvalue weighted by molar-refractivity contribution is -0.161. The lowest BCUT2D eigenvalue weighted by Crippen LogP contribution is -2.60. The first-order chi connectivity index (χ1) is 22.9. The number of benzene rings is 2. The molecular formula is C35H41N5O7S. The molecule has 2 aliphatic heterocycles. The van der Waals surface area contributed by atoms with Gasteiger partial charge >= 0.3 is 12.1 Å². The Morgan fingerprint density at radius 2 is 1.58 bits per heavy atom. The minimum absolute atomic E-state index is 0.0249. The Hall–Kier alpha value is -4.59. The second-order valence-electron chi connectivity index (χ2n) is 12.4. The number of nitrogens with one attached hydrogen (secondary N) is 1. The van der Waals surface area contributed by atoms with Gasteiger partial charge in [0.15, 0.2) is 27.4 Å². The third-order valence-corrected chi connectivity index (χ3v) is 11.3. The average molecular weight is 676 g/mol. The molecule has 1 N–H and O–H groups in total. The number of alkyl carbamates (subject to hydrolysis) is 1. The van der Waals surface area contributed by atoms with Crippen molar-refractivity contribution >= 4 is 33.9 Å². The molecule has 5 rings (SSSR count). The van der Waals surface area contributed by atoms with Crippen molar-refractivity contribution in [2.45, 2.75) is 29.2 Å². The Kier molecular flexibility index (Phi) is 10.6. The number of rotatable bonds is 13. The number of β-lactam (4-membered cyclic amide) rings is 1. The van der Waals surface area contributed by atoms with Crippen molar-refractivity contribution in [1.29, 1.82) is 0 Å². The lowest BCUT2D eigenvalue weighted by atomic mass is 9.94. The summed E-state index contributed by atoms with van der Waals surface area (Å²) in [5.74, 6) is -1.57. The number of hydrogen-bond acceptors (Lipinski definition) is 10. The van der Waals surface area contributed by atoms with E-state index in [9.17, 15) is 22.8 Å². The van der Waals surface area contributed by atoms with Crippen LogP contribution >= 0.6 is 0 Å². The normalized spacial score (nSPS) is 22.1. The quantitative estimate of drug-likeness (QED) is 0.164.